The van der Waals surface area contributed by atoms with Gasteiger partial charge in [0.05, 0.1) is 20.8 Å². The monoisotopic (exact) mass is 485 g/mol. The maximum atomic E-state index is 13.5. The van der Waals surface area contributed by atoms with Crippen LogP contribution >= 0.6 is 0 Å². The number of sulfone groups is 1. The summed E-state index contributed by atoms with van der Waals surface area (Å²) in [5, 5.41) is 0. The Morgan fingerprint density at radius 2 is 1.85 bits per heavy atom. The van der Waals surface area contributed by atoms with Gasteiger partial charge >= 0.3 is 0 Å². The molecule has 0 radical (unpaired) electrons. The summed E-state index contributed by atoms with van der Waals surface area (Å²) >= 11 is 0. The van der Waals surface area contributed by atoms with E-state index < -0.39 is 9.84 Å². The Hall–Kier alpha value is -2.29. The van der Waals surface area contributed by atoms with Gasteiger partial charge < -0.3 is 14.0 Å². The molecule has 1 aliphatic heterocycles. The largest absolute Gasteiger partial charge is 0.385 e. The van der Waals surface area contributed by atoms with Crippen molar-refractivity contribution in [2.75, 3.05) is 26.9 Å². The van der Waals surface area contributed by atoms with Crippen molar-refractivity contribution in [3.05, 3.63) is 48.0 Å². The summed E-state index contributed by atoms with van der Waals surface area (Å²) in [6, 6.07) is 8.55. The molecule has 0 aliphatic carbocycles. The van der Waals surface area contributed by atoms with Crippen LogP contribution in [0.5, 0.6) is 0 Å². The molecule has 1 saturated heterocycles. The first-order valence-electron chi connectivity index (χ1n) is 12.0. The van der Waals surface area contributed by atoms with Gasteiger partial charge in [0.2, 0.25) is 9.84 Å². The molecule has 0 unspecified atom stereocenters. The van der Waals surface area contributed by atoms with Crippen molar-refractivity contribution in [1.82, 2.24) is 14.5 Å². The highest BCUT2D eigenvalue weighted by atomic mass is 32.2. The second-order valence-electron chi connectivity index (χ2n) is 10.1. The third kappa shape index (κ3) is 5.34. The summed E-state index contributed by atoms with van der Waals surface area (Å²) in [6.45, 7) is 9.51. The average Bonchev–Trinajstić information content (AvgIpc) is 3.18. The first kappa shape index (κ1) is 24.8. The number of pyridine rings is 1. The SMILES string of the molecule is COCCCc1cc(S(=O)(=O)c2ccc3c(c2)nc(C(C)(C)C)n3CC2CCOCC2)ccn1. The number of nitrogens with zero attached hydrogens (tertiary/aromatic N) is 3. The van der Waals surface area contributed by atoms with Crippen molar-refractivity contribution in [3.63, 3.8) is 0 Å². The average molecular weight is 486 g/mol. The molecule has 1 aromatic carbocycles. The van der Waals surface area contributed by atoms with Crippen LogP contribution in [-0.4, -0.2) is 49.9 Å². The van der Waals surface area contributed by atoms with Crippen LogP contribution in [-0.2, 0) is 37.7 Å². The third-order valence-electron chi connectivity index (χ3n) is 6.36. The topological polar surface area (TPSA) is 83.3 Å². The molecule has 0 N–H and O–H groups in total. The predicted octanol–water partition coefficient (Wildman–Crippen LogP) is 4.57. The van der Waals surface area contributed by atoms with Crippen LogP contribution in [0.25, 0.3) is 11.0 Å². The Kier molecular flexibility index (Phi) is 7.40. The highest BCUT2D eigenvalue weighted by molar-refractivity contribution is 7.91. The highest BCUT2D eigenvalue weighted by Crippen LogP contribution is 2.31. The molecule has 4 rings (SSSR count). The summed E-state index contributed by atoms with van der Waals surface area (Å²) in [7, 11) is -2.03. The van der Waals surface area contributed by atoms with Crippen LogP contribution in [0.3, 0.4) is 0 Å². The van der Waals surface area contributed by atoms with Gasteiger partial charge in [0.25, 0.3) is 0 Å². The molecule has 0 bridgehead atoms. The molecule has 0 spiro atoms. The summed E-state index contributed by atoms with van der Waals surface area (Å²) in [4.78, 5) is 9.76. The van der Waals surface area contributed by atoms with Crippen LogP contribution in [0.15, 0.2) is 46.3 Å². The van der Waals surface area contributed by atoms with Gasteiger partial charge in [-0.25, -0.2) is 13.4 Å². The Labute approximate surface area is 202 Å². The van der Waals surface area contributed by atoms with Crippen molar-refractivity contribution in [1.29, 1.82) is 0 Å². The van der Waals surface area contributed by atoms with Gasteiger partial charge in [-0.15, -0.1) is 0 Å². The molecule has 3 aromatic rings. The lowest BCUT2D eigenvalue weighted by atomic mass is 9.94. The van der Waals surface area contributed by atoms with Crippen molar-refractivity contribution >= 4 is 20.9 Å². The minimum atomic E-state index is -3.69. The van der Waals surface area contributed by atoms with Crippen molar-refractivity contribution < 1.29 is 17.9 Å². The number of aromatic nitrogens is 3. The van der Waals surface area contributed by atoms with Gasteiger partial charge in [0.1, 0.15) is 5.82 Å². The minimum absolute atomic E-state index is 0.161. The third-order valence-corrected chi connectivity index (χ3v) is 8.11. The first-order chi connectivity index (χ1) is 16.2. The van der Waals surface area contributed by atoms with Crippen LogP contribution in [0.2, 0.25) is 0 Å². The summed E-state index contributed by atoms with van der Waals surface area (Å²) < 4.78 is 39.8. The van der Waals surface area contributed by atoms with E-state index in [1.165, 1.54) is 0 Å². The van der Waals surface area contributed by atoms with E-state index in [2.05, 4.69) is 30.3 Å². The summed E-state index contributed by atoms with van der Waals surface area (Å²) in [5.41, 5.74) is 2.28. The van der Waals surface area contributed by atoms with E-state index in [1.54, 1.807) is 37.6 Å². The second kappa shape index (κ2) is 10.1. The molecule has 7 nitrogen and oxygen atoms in total. The molecule has 1 aliphatic rings. The van der Waals surface area contributed by atoms with Crippen molar-refractivity contribution in [2.45, 2.75) is 68.2 Å². The standard InChI is InChI=1S/C26H35N3O4S/c1-26(2,3)25-28-23-17-21(7-8-24(23)29(25)18-19-10-14-33-15-11-19)34(30,31)22-9-12-27-20(16-22)6-5-13-32-4/h7-9,12,16-17,19H,5-6,10-11,13-15,18H2,1-4H3. The Bertz CT molecular complexity index is 1240. The van der Waals surface area contributed by atoms with Gasteiger partial charge in [-0.3, -0.25) is 4.98 Å². The van der Waals surface area contributed by atoms with Gasteiger partial charge in [-0.1, -0.05) is 20.8 Å². The van der Waals surface area contributed by atoms with Gasteiger partial charge in [-0.2, -0.15) is 0 Å². The van der Waals surface area contributed by atoms with Crippen LogP contribution in [0.4, 0.5) is 0 Å². The van der Waals surface area contributed by atoms with Gasteiger partial charge in [-0.05, 0) is 61.9 Å². The number of hydrogen-bond acceptors (Lipinski definition) is 6. The second-order valence-corrected chi connectivity index (χ2v) is 12.0. The number of fused-ring (bicyclic) bond motifs is 1. The van der Waals surface area contributed by atoms with E-state index in [4.69, 9.17) is 14.5 Å². The molecule has 0 saturated carbocycles. The number of hydrogen-bond donors (Lipinski definition) is 0. The van der Waals surface area contributed by atoms with E-state index in [1.807, 2.05) is 6.07 Å². The zero-order chi connectivity index (χ0) is 24.3. The molecule has 34 heavy (non-hydrogen) atoms. The number of aryl methyl sites for hydroxylation is 1. The lowest BCUT2D eigenvalue weighted by Gasteiger charge is -2.26. The lowest BCUT2D eigenvalue weighted by Crippen LogP contribution is -2.25. The molecule has 3 heterocycles. The molecule has 1 fully saturated rings. The molecule has 8 heteroatoms. The normalized spacial score (nSPS) is 15.8. The molecular weight excluding hydrogens is 450 g/mol. The van der Waals surface area contributed by atoms with E-state index in [0.717, 1.165) is 56.1 Å². The van der Waals surface area contributed by atoms with E-state index in [-0.39, 0.29) is 15.2 Å². The number of benzene rings is 1. The fourth-order valence-corrected chi connectivity index (χ4v) is 5.83. The lowest BCUT2D eigenvalue weighted by molar-refractivity contribution is 0.0611. The quantitative estimate of drug-likeness (QED) is 0.435. The molecule has 2 aromatic heterocycles. The maximum absolute atomic E-state index is 13.5. The Morgan fingerprint density at radius 1 is 1.12 bits per heavy atom. The molecule has 0 atom stereocenters. The van der Waals surface area contributed by atoms with E-state index in [9.17, 15) is 8.42 Å². The number of imidazole rings is 1. The predicted molar refractivity (Wildman–Crippen MR) is 132 cm³/mol. The van der Waals surface area contributed by atoms with Crippen molar-refractivity contribution in [3.8, 4) is 0 Å². The minimum Gasteiger partial charge on any atom is -0.385 e. The maximum Gasteiger partial charge on any atom is 0.206 e. The fraction of sp³-hybridized carbons (Fsp3) is 0.538. The van der Waals surface area contributed by atoms with Gasteiger partial charge in [0.15, 0.2) is 0 Å². The number of methoxy groups -OCH3 is 1. The zero-order valence-electron chi connectivity index (χ0n) is 20.6. The Morgan fingerprint density at radius 3 is 2.56 bits per heavy atom. The fourth-order valence-electron chi connectivity index (χ4n) is 4.51. The van der Waals surface area contributed by atoms with Crippen molar-refractivity contribution in [2.24, 2.45) is 5.92 Å². The zero-order valence-corrected chi connectivity index (χ0v) is 21.4. The molecular formula is C26H35N3O4S. The number of ether oxygens (including phenoxy) is 2. The van der Waals surface area contributed by atoms with Crippen LogP contribution in [0.1, 0.15) is 51.6 Å². The Balaban J connectivity index is 1.70. The summed E-state index contributed by atoms with van der Waals surface area (Å²) in [6.07, 6.45) is 5.09. The molecule has 184 valence electrons. The smallest absolute Gasteiger partial charge is 0.206 e. The van der Waals surface area contributed by atoms with E-state index in [0.29, 0.717) is 24.5 Å². The first-order valence-corrected chi connectivity index (χ1v) is 13.5. The number of rotatable bonds is 8. The highest BCUT2D eigenvalue weighted by Gasteiger charge is 2.27. The summed E-state index contributed by atoms with van der Waals surface area (Å²) in [5.74, 6) is 1.51. The van der Waals surface area contributed by atoms with Crippen LogP contribution in [0, 0.1) is 5.92 Å². The van der Waals surface area contributed by atoms with Crippen LogP contribution < -0.4 is 0 Å². The molecule has 0 amide bonds. The van der Waals surface area contributed by atoms with Gasteiger partial charge in [0, 0.05) is 50.8 Å². The van der Waals surface area contributed by atoms with E-state index >= 15 is 0 Å².